The molecule has 0 saturated carbocycles. The maximum Gasteiger partial charge on any atom is 0.0159 e. The molecule has 12 rings (SSSR count). The summed E-state index contributed by atoms with van der Waals surface area (Å²) in [6, 6.07) is 51.4. The van der Waals surface area contributed by atoms with Gasteiger partial charge in [-0.2, -0.15) is 0 Å². The molecule has 0 bridgehead atoms. The highest BCUT2D eigenvalue weighted by molar-refractivity contribution is 5.91. The number of hydrogen-bond donors (Lipinski definition) is 0. The number of allylic oxidation sites excluding steroid dienone is 5. The van der Waals surface area contributed by atoms with Gasteiger partial charge in [0.15, 0.2) is 0 Å². The molecule has 3 unspecified atom stereocenters. The Labute approximate surface area is 386 Å². The van der Waals surface area contributed by atoms with Crippen molar-refractivity contribution in [3.63, 3.8) is 0 Å². The Morgan fingerprint density at radius 2 is 1.28 bits per heavy atom. The predicted molar refractivity (Wildman–Crippen MR) is 276 cm³/mol. The summed E-state index contributed by atoms with van der Waals surface area (Å²) in [5.41, 5.74) is 21.7. The van der Waals surface area contributed by atoms with E-state index in [-0.39, 0.29) is 16.7 Å². The molecule has 0 spiro atoms. The molecule has 7 aromatic rings. The summed E-state index contributed by atoms with van der Waals surface area (Å²) in [6.07, 6.45) is 26.2. The predicted octanol–water partition coefficient (Wildman–Crippen LogP) is 15.2. The fourth-order valence-electron chi connectivity index (χ4n) is 13.0. The van der Waals surface area contributed by atoms with Gasteiger partial charge in [-0.05, 0) is 180 Å². The zero-order valence-corrected chi connectivity index (χ0v) is 38.6. The molecule has 0 aromatic heterocycles. The van der Waals surface area contributed by atoms with Crippen LogP contribution in [0.4, 0.5) is 0 Å². The fraction of sp³-hybridized carbons (Fsp3) is 0.262. The van der Waals surface area contributed by atoms with Gasteiger partial charge < -0.3 is 0 Å². The lowest BCUT2D eigenvalue weighted by atomic mass is 9.75. The molecule has 320 valence electrons. The molecule has 0 radical (unpaired) electrons. The highest BCUT2D eigenvalue weighted by Crippen LogP contribution is 2.56. The van der Waals surface area contributed by atoms with E-state index < -0.39 is 0 Å². The first-order valence-electron chi connectivity index (χ1n) is 24.6. The van der Waals surface area contributed by atoms with Crippen molar-refractivity contribution in [1.29, 1.82) is 0 Å². The zero-order valence-electron chi connectivity index (χ0n) is 38.6. The molecule has 0 N–H and O–H groups in total. The van der Waals surface area contributed by atoms with Crippen molar-refractivity contribution in [3.8, 4) is 22.3 Å². The van der Waals surface area contributed by atoms with E-state index >= 15 is 0 Å². The molecular formula is C65H60. The van der Waals surface area contributed by atoms with Crippen LogP contribution in [-0.4, -0.2) is 0 Å². The average molecular weight is 841 g/mol. The summed E-state index contributed by atoms with van der Waals surface area (Å²) in [5, 5.41) is 5.64. The maximum absolute atomic E-state index is 2.67. The van der Waals surface area contributed by atoms with Gasteiger partial charge in [0.2, 0.25) is 0 Å². The molecule has 0 aliphatic heterocycles. The number of benzene rings is 7. The van der Waals surface area contributed by atoms with Crippen molar-refractivity contribution in [2.45, 2.75) is 102 Å². The highest BCUT2D eigenvalue weighted by atomic mass is 14.5. The van der Waals surface area contributed by atoms with Crippen LogP contribution in [0.25, 0.3) is 51.3 Å². The smallest absolute Gasteiger partial charge is 0.0159 e. The van der Waals surface area contributed by atoms with Gasteiger partial charge in [-0.25, -0.2) is 0 Å². The van der Waals surface area contributed by atoms with Crippen molar-refractivity contribution in [2.24, 2.45) is 5.92 Å². The van der Waals surface area contributed by atoms with Crippen LogP contribution >= 0.6 is 0 Å². The van der Waals surface area contributed by atoms with Gasteiger partial charge in [-0.3, -0.25) is 0 Å². The van der Waals surface area contributed by atoms with Crippen LogP contribution in [0.1, 0.15) is 134 Å². The van der Waals surface area contributed by atoms with E-state index in [4.69, 9.17) is 0 Å². The van der Waals surface area contributed by atoms with Crippen LogP contribution in [0.15, 0.2) is 163 Å². The van der Waals surface area contributed by atoms with E-state index in [1.54, 1.807) is 11.1 Å². The minimum atomic E-state index is -0.123. The summed E-state index contributed by atoms with van der Waals surface area (Å²) in [4.78, 5) is 0. The van der Waals surface area contributed by atoms with Gasteiger partial charge in [0, 0.05) is 16.7 Å². The number of hydrogen-bond acceptors (Lipinski definition) is 0. The van der Waals surface area contributed by atoms with Crippen LogP contribution in [-0.2, 0) is 23.7 Å². The lowest BCUT2D eigenvalue weighted by Crippen LogP contribution is -2.35. The van der Waals surface area contributed by atoms with E-state index in [1.165, 1.54) is 100.0 Å². The second-order valence-corrected chi connectivity index (χ2v) is 20.9. The van der Waals surface area contributed by atoms with Crippen molar-refractivity contribution >= 4 is 29.0 Å². The highest BCUT2D eigenvalue weighted by Gasteiger charge is 2.43. The summed E-state index contributed by atoms with van der Waals surface area (Å²) < 4.78 is 0. The molecule has 5 aliphatic rings. The first-order chi connectivity index (χ1) is 31.7. The van der Waals surface area contributed by atoms with E-state index in [2.05, 4.69) is 204 Å². The Bertz CT molecular complexity index is 3270. The SMILES string of the molecule is CC1(C)c2cc(CC(c3ccccc3)c3cccc4ccccc34)ccc2-c2cc3c(cc21)-c1c(cc(CC(CC2CC=Cc4ccccc42)C2=CCCC=C2)c2c1=CCCC=2)C3(C)C. The lowest BCUT2D eigenvalue weighted by Gasteiger charge is -2.29. The molecule has 3 atom stereocenters. The molecule has 0 amide bonds. The minimum absolute atomic E-state index is 0.116. The third-order valence-corrected chi connectivity index (χ3v) is 16.4. The van der Waals surface area contributed by atoms with E-state index in [9.17, 15) is 0 Å². The van der Waals surface area contributed by atoms with Crippen molar-refractivity contribution in [3.05, 3.63) is 229 Å². The van der Waals surface area contributed by atoms with Crippen LogP contribution in [0.3, 0.4) is 0 Å². The number of rotatable bonds is 9. The molecule has 5 aliphatic carbocycles. The molecule has 0 saturated heterocycles. The summed E-state index contributed by atoms with van der Waals surface area (Å²) in [6.45, 7) is 9.95. The van der Waals surface area contributed by atoms with Gasteiger partial charge in [-0.1, -0.05) is 192 Å². The van der Waals surface area contributed by atoms with Crippen LogP contribution in [0.2, 0.25) is 0 Å². The Balaban J connectivity index is 0.922. The molecular weight excluding hydrogens is 781 g/mol. The summed E-state index contributed by atoms with van der Waals surface area (Å²) in [7, 11) is 0. The molecule has 0 nitrogen and oxygen atoms in total. The Morgan fingerprint density at radius 3 is 2.14 bits per heavy atom. The quantitative estimate of drug-likeness (QED) is 0.136. The monoisotopic (exact) mass is 840 g/mol. The van der Waals surface area contributed by atoms with Crippen molar-refractivity contribution in [1.82, 2.24) is 0 Å². The van der Waals surface area contributed by atoms with Gasteiger partial charge in [-0.15, -0.1) is 0 Å². The van der Waals surface area contributed by atoms with E-state index in [1.807, 2.05) is 0 Å². The van der Waals surface area contributed by atoms with Crippen molar-refractivity contribution < 1.29 is 0 Å². The zero-order chi connectivity index (χ0) is 43.9. The van der Waals surface area contributed by atoms with Crippen LogP contribution < -0.4 is 10.4 Å². The normalized spacial score (nSPS) is 18.8. The Kier molecular flexibility index (Phi) is 9.75. The number of fused-ring (bicyclic) bond motifs is 10. The van der Waals surface area contributed by atoms with Gasteiger partial charge in [0.1, 0.15) is 0 Å². The standard InChI is InChI=1S/C65H60/c1-64(2)59-36-42(35-56(46-21-9-6-10-22-46)53-32-18-26-45-24-12-14-29-51(45)53)33-34-54(59)57-40-61-58(41-60(57)64)63-55-31-16-15-30-52(55)49(39-62(63)65(61,3)4)38-48(43-19-7-5-8-20-43)37-47-27-17-25-44-23-11-13-28-50(44)47/h6-7,9-14,17-26,28-34,36,39-41,47-48,56H,5,8,15-16,27,35,37-38H2,1-4H3. The third-order valence-electron chi connectivity index (χ3n) is 16.4. The maximum atomic E-state index is 2.67. The lowest BCUT2D eigenvalue weighted by molar-refractivity contribution is 0.486. The second-order valence-electron chi connectivity index (χ2n) is 20.9. The Morgan fingerprint density at radius 1 is 0.554 bits per heavy atom. The van der Waals surface area contributed by atoms with Crippen LogP contribution in [0.5, 0.6) is 0 Å². The van der Waals surface area contributed by atoms with E-state index in [0.29, 0.717) is 11.8 Å². The molecule has 0 fully saturated rings. The fourth-order valence-corrected chi connectivity index (χ4v) is 13.0. The van der Waals surface area contributed by atoms with Gasteiger partial charge in [0.25, 0.3) is 0 Å². The summed E-state index contributed by atoms with van der Waals surface area (Å²) >= 11 is 0. The van der Waals surface area contributed by atoms with Crippen LogP contribution in [0, 0.1) is 5.92 Å². The van der Waals surface area contributed by atoms with Crippen molar-refractivity contribution in [2.75, 3.05) is 0 Å². The first kappa shape index (κ1) is 40.3. The largest absolute Gasteiger partial charge is 0.0840 e. The third kappa shape index (κ3) is 6.70. The molecule has 0 heteroatoms. The average Bonchev–Trinajstić information content (AvgIpc) is 3.71. The van der Waals surface area contributed by atoms with Gasteiger partial charge in [0.05, 0.1) is 0 Å². The van der Waals surface area contributed by atoms with E-state index in [0.717, 1.165) is 44.9 Å². The molecule has 7 aromatic carbocycles. The first-order valence-corrected chi connectivity index (χ1v) is 24.6. The van der Waals surface area contributed by atoms with Gasteiger partial charge >= 0.3 is 0 Å². The second kappa shape index (κ2) is 15.7. The molecule has 65 heavy (non-hydrogen) atoms. The molecule has 0 heterocycles. The Hall–Kier alpha value is -6.24. The minimum Gasteiger partial charge on any atom is -0.0840 e. The summed E-state index contributed by atoms with van der Waals surface area (Å²) in [5.74, 6) is 1.27. The topological polar surface area (TPSA) is 0 Å².